The number of benzene rings is 1. The third kappa shape index (κ3) is 4.93. The van der Waals surface area contributed by atoms with Crippen molar-refractivity contribution in [2.75, 3.05) is 38.0 Å². The molecule has 0 aliphatic carbocycles. The molecular weight excluding hydrogens is 296 g/mol. The molecule has 1 aromatic carbocycles. The van der Waals surface area contributed by atoms with Gasteiger partial charge in [0.15, 0.2) is 0 Å². The van der Waals surface area contributed by atoms with Crippen LogP contribution in [0.25, 0.3) is 0 Å². The second-order valence-electron chi connectivity index (χ2n) is 4.80. The number of hydrogen-bond acceptors (Lipinski definition) is 7. The maximum Gasteiger partial charge on any atom is 0.337 e. The largest absolute Gasteiger partial charge is 0.465 e. The smallest absolute Gasteiger partial charge is 0.337 e. The van der Waals surface area contributed by atoms with Gasteiger partial charge >= 0.3 is 5.97 Å². The zero-order chi connectivity index (χ0) is 16.7. The zero-order valence-electron chi connectivity index (χ0n) is 13.4. The van der Waals surface area contributed by atoms with Crippen molar-refractivity contribution in [3.8, 4) is 0 Å². The van der Waals surface area contributed by atoms with Crippen LogP contribution in [-0.4, -0.2) is 43.3 Å². The normalized spacial score (nSPS) is 10.2. The van der Waals surface area contributed by atoms with Gasteiger partial charge in [-0.05, 0) is 25.1 Å². The van der Waals surface area contributed by atoms with Crippen molar-refractivity contribution in [3.05, 3.63) is 41.7 Å². The van der Waals surface area contributed by atoms with Gasteiger partial charge in [0.1, 0.15) is 17.5 Å². The minimum atomic E-state index is -0.380. The highest BCUT2D eigenvalue weighted by atomic mass is 16.5. The zero-order valence-corrected chi connectivity index (χ0v) is 13.4. The number of aryl methyl sites for hydroxylation is 1. The number of aromatic nitrogens is 2. The molecule has 0 saturated heterocycles. The standard InChI is InChI=1S/C16H20N4O3/c1-11-18-14(17-7-8-22-2)10-15(19-11)20-13-6-4-5-12(9-13)16(21)23-3/h4-6,9-10H,7-8H2,1-3H3,(H2,17,18,19,20). The van der Waals surface area contributed by atoms with Gasteiger partial charge in [0.25, 0.3) is 0 Å². The van der Waals surface area contributed by atoms with Crippen molar-refractivity contribution in [2.45, 2.75) is 6.92 Å². The van der Waals surface area contributed by atoms with E-state index in [0.717, 1.165) is 5.69 Å². The predicted molar refractivity (Wildman–Crippen MR) is 88.2 cm³/mol. The predicted octanol–water partition coefficient (Wildman–Crippen LogP) is 2.37. The van der Waals surface area contributed by atoms with E-state index in [1.54, 1.807) is 31.4 Å². The van der Waals surface area contributed by atoms with Gasteiger partial charge in [0, 0.05) is 25.4 Å². The fourth-order valence-electron chi connectivity index (χ4n) is 1.99. The van der Waals surface area contributed by atoms with E-state index in [1.165, 1.54) is 7.11 Å². The highest BCUT2D eigenvalue weighted by Gasteiger charge is 2.07. The maximum atomic E-state index is 11.6. The molecule has 2 rings (SSSR count). The summed E-state index contributed by atoms with van der Waals surface area (Å²) < 4.78 is 9.72. The number of carbonyl (C=O) groups is 1. The summed E-state index contributed by atoms with van der Waals surface area (Å²) in [5, 5.41) is 6.33. The third-order valence-electron chi connectivity index (χ3n) is 3.01. The Hall–Kier alpha value is -2.67. The summed E-state index contributed by atoms with van der Waals surface area (Å²) in [7, 11) is 3.00. The number of anilines is 3. The first-order valence-electron chi connectivity index (χ1n) is 7.16. The van der Waals surface area contributed by atoms with Gasteiger partial charge in [-0.15, -0.1) is 0 Å². The first-order chi connectivity index (χ1) is 11.1. The van der Waals surface area contributed by atoms with Crippen LogP contribution in [0.1, 0.15) is 16.2 Å². The molecule has 23 heavy (non-hydrogen) atoms. The molecule has 0 fully saturated rings. The van der Waals surface area contributed by atoms with Crippen LogP contribution in [0.5, 0.6) is 0 Å². The third-order valence-corrected chi connectivity index (χ3v) is 3.01. The van der Waals surface area contributed by atoms with E-state index in [4.69, 9.17) is 9.47 Å². The number of nitrogens with one attached hydrogen (secondary N) is 2. The summed E-state index contributed by atoms with van der Waals surface area (Å²) in [6.45, 7) is 3.06. The average molecular weight is 316 g/mol. The van der Waals surface area contributed by atoms with E-state index < -0.39 is 0 Å². The summed E-state index contributed by atoms with van der Waals surface area (Å²) >= 11 is 0. The minimum absolute atomic E-state index is 0.380. The number of hydrogen-bond donors (Lipinski definition) is 2. The summed E-state index contributed by atoms with van der Waals surface area (Å²) in [4.78, 5) is 20.2. The molecule has 0 atom stereocenters. The molecule has 7 heteroatoms. The summed E-state index contributed by atoms with van der Waals surface area (Å²) in [6, 6.07) is 8.83. The quantitative estimate of drug-likeness (QED) is 0.599. The van der Waals surface area contributed by atoms with Gasteiger partial charge in [-0.3, -0.25) is 0 Å². The maximum absolute atomic E-state index is 11.6. The van der Waals surface area contributed by atoms with Crippen LogP contribution in [0, 0.1) is 6.92 Å². The topological polar surface area (TPSA) is 85.4 Å². The van der Waals surface area contributed by atoms with Crippen LogP contribution < -0.4 is 10.6 Å². The Balaban J connectivity index is 2.14. The molecule has 0 bridgehead atoms. The first kappa shape index (κ1) is 16.7. The van der Waals surface area contributed by atoms with Crippen molar-refractivity contribution in [1.82, 2.24) is 9.97 Å². The minimum Gasteiger partial charge on any atom is -0.465 e. The molecule has 0 radical (unpaired) electrons. The van der Waals surface area contributed by atoms with E-state index in [1.807, 2.05) is 13.0 Å². The number of nitrogens with zero attached hydrogens (tertiary/aromatic N) is 2. The summed E-state index contributed by atoms with van der Waals surface area (Å²) in [5.41, 5.74) is 1.22. The van der Waals surface area contributed by atoms with E-state index in [0.29, 0.717) is 36.2 Å². The van der Waals surface area contributed by atoms with Crippen LogP contribution in [0.15, 0.2) is 30.3 Å². The molecule has 0 unspecified atom stereocenters. The van der Waals surface area contributed by atoms with Crippen molar-refractivity contribution < 1.29 is 14.3 Å². The second-order valence-corrected chi connectivity index (χ2v) is 4.80. The number of rotatable bonds is 7. The van der Waals surface area contributed by atoms with Crippen molar-refractivity contribution in [2.24, 2.45) is 0 Å². The SMILES string of the molecule is COCCNc1cc(Nc2cccc(C(=O)OC)c2)nc(C)n1. The molecule has 2 N–H and O–H groups in total. The lowest BCUT2D eigenvalue weighted by Crippen LogP contribution is -2.10. The first-order valence-corrected chi connectivity index (χ1v) is 7.16. The Bertz CT molecular complexity index is 676. The molecule has 0 saturated carbocycles. The van der Waals surface area contributed by atoms with Crippen LogP contribution in [0.2, 0.25) is 0 Å². The molecule has 0 amide bonds. The summed E-state index contributed by atoms with van der Waals surface area (Å²) in [5.74, 6) is 1.61. The molecule has 1 heterocycles. The van der Waals surface area contributed by atoms with Crippen molar-refractivity contribution >= 4 is 23.3 Å². The molecule has 7 nitrogen and oxygen atoms in total. The Morgan fingerprint density at radius 3 is 2.70 bits per heavy atom. The molecule has 122 valence electrons. The van der Waals surface area contributed by atoms with Gasteiger partial charge < -0.3 is 20.1 Å². The average Bonchev–Trinajstić information content (AvgIpc) is 2.54. The fraction of sp³-hybridized carbons (Fsp3) is 0.312. The lowest BCUT2D eigenvalue weighted by atomic mass is 10.2. The van der Waals surface area contributed by atoms with Crippen molar-refractivity contribution in [1.29, 1.82) is 0 Å². The fourth-order valence-corrected chi connectivity index (χ4v) is 1.99. The Morgan fingerprint density at radius 2 is 1.96 bits per heavy atom. The van der Waals surface area contributed by atoms with Gasteiger partial charge in [0.2, 0.25) is 0 Å². The molecule has 0 aliphatic heterocycles. The number of methoxy groups -OCH3 is 2. The Labute approximate surface area is 135 Å². The molecule has 1 aromatic heterocycles. The number of esters is 1. The van der Waals surface area contributed by atoms with Gasteiger partial charge in [-0.1, -0.05) is 6.07 Å². The van der Waals surface area contributed by atoms with Crippen LogP contribution in [0.3, 0.4) is 0 Å². The number of carbonyl (C=O) groups excluding carboxylic acids is 1. The van der Waals surface area contributed by atoms with E-state index >= 15 is 0 Å². The second kappa shape index (κ2) is 8.09. The number of ether oxygens (including phenoxy) is 2. The van der Waals surface area contributed by atoms with Gasteiger partial charge in [-0.2, -0.15) is 0 Å². The summed E-state index contributed by atoms with van der Waals surface area (Å²) in [6.07, 6.45) is 0. The monoisotopic (exact) mass is 316 g/mol. The lowest BCUT2D eigenvalue weighted by molar-refractivity contribution is 0.0601. The van der Waals surface area contributed by atoms with Crippen LogP contribution in [0.4, 0.5) is 17.3 Å². The van der Waals surface area contributed by atoms with Crippen LogP contribution >= 0.6 is 0 Å². The van der Waals surface area contributed by atoms with Crippen molar-refractivity contribution in [3.63, 3.8) is 0 Å². The highest BCUT2D eigenvalue weighted by molar-refractivity contribution is 5.90. The molecular formula is C16H20N4O3. The lowest BCUT2D eigenvalue weighted by Gasteiger charge is -2.10. The molecule has 2 aromatic rings. The Morgan fingerprint density at radius 1 is 1.17 bits per heavy atom. The molecule has 0 spiro atoms. The van der Waals surface area contributed by atoms with E-state index in [-0.39, 0.29) is 5.97 Å². The molecule has 0 aliphatic rings. The van der Waals surface area contributed by atoms with E-state index in [9.17, 15) is 4.79 Å². The van der Waals surface area contributed by atoms with Crippen LogP contribution in [-0.2, 0) is 9.47 Å². The highest BCUT2D eigenvalue weighted by Crippen LogP contribution is 2.19. The van der Waals surface area contributed by atoms with Gasteiger partial charge in [0.05, 0.1) is 19.3 Å². The van der Waals surface area contributed by atoms with Gasteiger partial charge in [-0.25, -0.2) is 14.8 Å². The Kier molecular flexibility index (Phi) is 5.87. The van der Waals surface area contributed by atoms with E-state index in [2.05, 4.69) is 20.6 Å².